The van der Waals surface area contributed by atoms with Gasteiger partial charge < -0.3 is 15.7 Å². The third-order valence-corrected chi connectivity index (χ3v) is 5.19. The topological polar surface area (TPSA) is 121 Å². The van der Waals surface area contributed by atoms with Gasteiger partial charge in [-0.05, 0) is 49.3 Å². The van der Waals surface area contributed by atoms with Gasteiger partial charge in [-0.15, -0.1) is 0 Å². The Bertz CT molecular complexity index is 911. The van der Waals surface area contributed by atoms with Crippen molar-refractivity contribution in [2.75, 3.05) is 11.9 Å². The van der Waals surface area contributed by atoms with Crippen LogP contribution in [0.5, 0.6) is 0 Å². The molecule has 2 amide bonds. The SMILES string of the molecule is O=C(Cc1ccc(F)cc1)Nc1cc(C(=O)NCC2CCC(C(=O)O)CC2)ncn1. The minimum absolute atomic E-state index is 0.0465. The molecule has 0 saturated heterocycles. The Morgan fingerprint density at radius 2 is 1.77 bits per heavy atom. The molecule has 8 nitrogen and oxygen atoms in total. The Kier molecular flexibility index (Phi) is 7.05. The van der Waals surface area contributed by atoms with Crippen molar-refractivity contribution in [1.82, 2.24) is 15.3 Å². The van der Waals surface area contributed by atoms with Crippen molar-refractivity contribution < 1.29 is 23.9 Å². The summed E-state index contributed by atoms with van der Waals surface area (Å²) in [6, 6.07) is 7.00. The second-order valence-corrected chi connectivity index (χ2v) is 7.41. The highest BCUT2D eigenvalue weighted by molar-refractivity contribution is 5.95. The predicted molar refractivity (Wildman–Crippen MR) is 106 cm³/mol. The maximum absolute atomic E-state index is 12.9. The van der Waals surface area contributed by atoms with Gasteiger partial charge >= 0.3 is 5.97 Å². The van der Waals surface area contributed by atoms with E-state index in [-0.39, 0.29) is 47.4 Å². The first-order valence-electron chi connectivity index (χ1n) is 9.78. The smallest absolute Gasteiger partial charge is 0.306 e. The largest absolute Gasteiger partial charge is 0.481 e. The normalized spacial score (nSPS) is 18.4. The summed E-state index contributed by atoms with van der Waals surface area (Å²) in [4.78, 5) is 43.4. The summed E-state index contributed by atoms with van der Waals surface area (Å²) in [6.45, 7) is 0.446. The molecule has 3 rings (SSSR count). The monoisotopic (exact) mass is 414 g/mol. The molecule has 0 radical (unpaired) electrons. The number of carboxylic acid groups (broad SMARTS) is 1. The summed E-state index contributed by atoms with van der Waals surface area (Å²) < 4.78 is 12.9. The number of nitrogens with one attached hydrogen (secondary N) is 2. The van der Waals surface area contributed by atoms with Gasteiger partial charge in [0.25, 0.3) is 5.91 Å². The highest BCUT2D eigenvalue weighted by Crippen LogP contribution is 2.28. The molecule has 0 atom stereocenters. The van der Waals surface area contributed by atoms with E-state index in [1.165, 1.54) is 36.7 Å². The number of rotatable bonds is 7. The van der Waals surface area contributed by atoms with Gasteiger partial charge in [-0.1, -0.05) is 12.1 Å². The van der Waals surface area contributed by atoms with Gasteiger partial charge in [-0.25, -0.2) is 14.4 Å². The number of carboxylic acids is 1. The van der Waals surface area contributed by atoms with Crippen LogP contribution in [0.15, 0.2) is 36.7 Å². The van der Waals surface area contributed by atoms with Gasteiger partial charge in [0.2, 0.25) is 5.91 Å². The number of hydrogen-bond donors (Lipinski definition) is 3. The average molecular weight is 414 g/mol. The van der Waals surface area contributed by atoms with Crippen molar-refractivity contribution in [1.29, 1.82) is 0 Å². The highest BCUT2D eigenvalue weighted by atomic mass is 19.1. The Balaban J connectivity index is 1.49. The van der Waals surface area contributed by atoms with E-state index in [4.69, 9.17) is 5.11 Å². The van der Waals surface area contributed by atoms with E-state index in [0.29, 0.717) is 24.9 Å². The van der Waals surface area contributed by atoms with Gasteiger partial charge in [0.05, 0.1) is 12.3 Å². The van der Waals surface area contributed by atoms with E-state index in [9.17, 15) is 18.8 Å². The van der Waals surface area contributed by atoms with E-state index in [1.54, 1.807) is 0 Å². The summed E-state index contributed by atoms with van der Waals surface area (Å²) >= 11 is 0. The minimum atomic E-state index is -0.757. The maximum Gasteiger partial charge on any atom is 0.306 e. The van der Waals surface area contributed by atoms with Crippen molar-refractivity contribution in [2.24, 2.45) is 11.8 Å². The first-order valence-corrected chi connectivity index (χ1v) is 9.78. The molecule has 1 aliphatic rings. The third kappa shape index (κ3) is 6.07. The lowest BCUT2D eigenvalue weighted by molar-refractivity contribution is -0.143. The molecule has 1 fully saturated rings. The van der Waals surface area contributed by atoms with Gasteiger partial charge in [0.15, 0.2) is 0 Å². The molecule has 0 unspecified atom stereocenters. The van der Waals surface area contributed by atoms with Crippen molar-refractivity contribution in [3.8, 4) is 0 Å². The average Bonchev–Trinajstić information content (AvgIpc) is 2.74. The number of hydrogen-bond acceptors (Lipinski definition) is 5. The number of nitrogens with zero attached hydrogens (tertiary/aromatic N) is 2. The number of aliphatic carboxylic acids is 1. The van der Waals surface area contributed by atoms with Crippen LogP contribution in [0.2, 0.25) is 0 Å². The molecule has 1 aromatic carbocycles. The fourth-order valence-corrected chi connectivity index (χ4v) is 3.47. The lowest BCUT2D eigenvalue weighted by atomic mass is 9.82. The van der Waals surface area contributed by atoms with Crippen LogP contribution in [-0.4, -0.2) is 39.4 Å². The summed E-state index contributed by atoms with van der Waals surface area (Å²) in [6.07, 6.45) is 3.99. The number of aromatic nitrogens is 2. The van der Waals surface area contributed by atoms with E-state index >= 15 is 0 Å². The molecular weight excluding hydrogens is 391 g/mol. The fraction of sp³-hybridized carbons (Fsp3) is 0.381. The molecular formula is C21H23FN4O4. The van der Waals surface area contributed by atoms with Crippen LogP contribution in [0.3, 0.4) is 0 Å². The molecule has 9 heteroatoms. The second kappa shape index (κ2) is 9.91. The van der Waals surface area contributed by atoms with Crippen LogP contribution < -0.4 is 10.6 Å². The summed E-state index contributed by atoms with van der Waals surface area (Å²) in [5.41, 5.74) is 0.778. The summed E-state index contributed by atoms with van der Waals surface area (Å²) in [5, 5.41) is 14.5. The summed E-state index contributed by atoms with van der Waals surface area (Å²) in [7, 11) is 0. The number of amides is 2. The number of carbonyl (C=O) groups excluding carboxylic acids is 2. The van der Waals surface area contributed by atoms with Crippen molar-refractivity contribution in [3.05, 3.63) is 53.7 Å². The van der Waals surface area contributed by atoms with Crippen molar-refractivity contribution in [3.63, 3.8) is 0 Å². The molecule has 30 heavy (non-hydrogen) atoms. The predicted octanol–water partition coefficient (Wildman–Crippen LogP) is 2.42. The first-order chi connectivity index (χ1) is 14.4. The van der Waals surface area contributed by atoms with E-state index < -0.39 is 5.97 Å². The Morgan fingerprint density at radius 1 is 1.07 bits per heavy atom. The van der Waals surface area contributed by atoms with E-state index in [2.05, 4.69) is 20.6 Å². The Labute approximate surface area is 172 Å². The molecule has 2 aromatic rings. The number of anilines is 1. The minimum Gasteiger partial charge on any atom is -0.481 e. The van der Waals surface area contributed by atoms with Crippen LogP contribution in [0.4, 0.5) is 10.2 Å². The Hall–Kier alpha value is -3.36. The molecule has 0 aliphatic heterocycles. The molecule has 1 aromatic heterocycles. The lowest BCUT2D eigenvalue weighted by Gasteiger charge is -2.26. The fourth-order valence-electron chi connectivity index (χ4n) is 3.47. The van der Waals surface area contributed by atoms with Gasteiger partial charge in [0.1, 0.15) is 23.7 Å². The number of halogens is 1. The van der Waals surface area contributed by atoms with Crippen molar-refractivity contribution >= 4 is 23.6 Å². The Morgan fingerprint density at radius 3 is 2.43 bits per heavy atom. The van der Waals surface area contributed by atoms with Crippen LogP contribution >= 0.6 is 0 Å². The number of carbonyl (C=O) groups is 3. The van der Waals surface area contributed by atoms with Crippen LogP contribution in [-0.2, 0) is 16.0 Å². The van der Waals surface area contributed by atoms with Gasteiger partial charge in [-0.2, -0.15) is 0 Å². The first kappa shape index (κ1) is 21.4. The lowest BCUT2D eigenvalue weighted by Crippen LogP contribution is -2.33. The second-order valence-electron chi connectivity index (χ2n) is 7.41. The van der Waals surface area contributed by atoms with Crippen molar-refractivity contribution in [2.45, 2.75) is 32.1 Å². The number of benzene rings is 1. The molecule has 3 N–H and O–H groups in total. The molecule has 1 aliphatic carbocycles. The van der Waals surface area contributed by atoms with E-state index in [1.807, 2.05) is 0 Å². The molecule has 1 heterocycles. The zero-order chi connectivity index (χ0) is 21.5. The van der Waals surface area contributed by atoms with Crippen LogP contribution in [0.1, 0.15) is 41.7 Å². The van der Waals surface area contributed by atoms with Gasteiger partial charge in [0, 0.05) is 12.6 Å². The van der Waals surface area contributed by atoms with Crippen LogP contribution in [0.25, 0.3) is 0 Å². The van der Waals surface area contributed by atoms with E-state index in [0.717, 1.165) is 12.8 Å². The third-order valence-electron chi connectivity index (χ3n) is 5.19. The molecule has 1 saturated carbocycles. The maximum atomic E-state index is 12.9. The standard InChI is InChI=1S/C21H23FN4O4/c22-16-7-3-13(4-8-16)9-19(27)26-18-10-17(24-12-25-18)20(28)23-11-14-1-5-15(6-2-14)21(29)30/h3-4,7-8,10,12,14-15H,1-2,5-6,9,11H2,(H,23,28)(H,29,30)(H,24,25,26,27). The summed E-state index contributed by atoms with van der Waals surface area (Å²) in [5.74, 6) is -1.72. The quantitative estimate of drug-likeness (QED) is 0.640. The zero-order valence-electron chi connectivity index (χ0n) is 16.3. The zero-order valence-corrected chi connectivity index (χ0v) is 16.3. The molecule has 0 bridgehead atoms. The molecule has 158 valence electrons. The molecule has 0 spiro atoms. The van der Waals surface area contributed by atoms with Crippen LogP contribution in [0, 0.1) is 17.7 Å². The van der Waals surface area contributed by atoms with Gasteiger partial charge in [-0.3, -0.25) is 14.4 Å². The highest BCUT2D eigenvalue weighted by Gasteiger charge is 2.26.